The lowest BCUT2D eigenvalue weighted by Crippen LogP contribution is -2.26. The summed E-state index contributed by atoms with van der Waals surface area (Å²) >= 11 is 0. The summed E-state index contributed by atoms with van der Waals surface area (Å²) in [5, 5.41) is 4.75. The van der Waals surface area contributed by atoms with Crippen LogP contribution in [0.2, 0.25) is 0 Å². The van der Waals surface area contributed by atoms with Gasteiger partial charge in [0.2, 0.25) is 0 Å². The first kappa shape index (κ1) is 10.5. The van der Waals surface area contributed by atoms with Gasteiger partial charge in [0.15, 0.2) is 11.5 Å². The number of rotatable bonds is 1. The highest BCUT2D eigenvalue weighted by Gasteiger charge is 2.43. The molecule has 0 fully saturated rings. The van der Waals surface area contributed by atoms with E-state index in [1.807, 2.05) is 0 Å². The van der Waals surface area contributed by atoms with Crippen LogP contribution in [0.4, 0.5) is 19.3 Å². The van der Waals surface area contributed by atoms with Crippen LogP contribution in [0.25, 0.3) is 0 Å². The summed E-state index contributed by atoms with van der Waals surface area (Å²) in [6.07, 6.45) is -3.64. The number of urea groups is 1. The molecular formula is C9H8F2N2O3. The van der Waals surface area contributed by atoms with Gasteiger partial charge in [0.1, 0.15) is 0 Å². The lowest BCUT2D eigenvalue weighted by atomic mass is 10.3. The molecule has 2 N–H and O–H groups in total. The Kier molecular flexibility index (Phi) is 2.30. The molecule has 0 saturated heterocycles. The molecule has 16 heavy (non-hydrogen) atoms. The molecule has 0 aromatic heterocycles. The second-order valence-corrected chi connectivity index (χ2v) is 3.03. The van der Waals surface area contributed by atoms with Crippen molar-refractivity contribution in [2.24, 2.45) is 0 Å². The Morgan fingerprint density at radius 1 is 1.31 bits per heavy atom. The summed E-state index contributed by atoms with van der Waals surface area (Å²) in [4.78, 5) is 11.0. The summed E-state index contributed by atoms with van der Waals surface area (Å²) in [7, 11) is 1.44. The molecule has 0 aliphatic carbocycles. The largest absolute Gasteiger partial charge is 0.586 e. The number of anilines is 1. The van der Waals surface area contributed by atoms with Gasteiger partial charge in [0.25, 0.3) is 0 Å². The van der Waals surface area contributed by atoms with E-state index in [0.29, 0.717) is 5.69 Å². The van der Waals surface area contributed by atoms with E-state index in [2.05, 4.69) is 20.1 Å². The van der Waals surface area contributed by atoms with Gasteiger partial charge in [0, 0.05) is 18.8 Å². The van der Waals surface area contributed by atoms with Gasteiger partial charge in [-0.3, -0.25) is 0 Å². The fourth-order valence-corrected chi connectivity index (χ4v) is 1.22. The molecule has 0 spiro atoms. The fourth-order valence-electron chi connectivity index (χ4n) is 1.22. The molecule has 0 saturated carbocycles. The zero-order valence-corrected chi connectivity index (χ0v) is 8.21. The smallest absolute Gasteiger partial charge is 0.395 e. The molecule has 1 heterocycles. The molecule has 7 heteroatoms. The van der Waals surface area contributed by atoms with Gasteiger partial charge in [-0.25, -0.2) is 4.79 Å². The number of benzene rings is 1. The standard InChI is InChI=1S/C9H8F2N2O3/c1-12-8(14)13-5-2-3-6-7(4-5)16-9(10,11)15-6/h2-4H,1H3,(H2,12,13,14). The number of nitrogens with one attached hydrogen (secondary N) is 2. The van der Waals surface area contributed by atoms with Gasteiger partial charge >= 0.3 is 12.3 Å². The average Bonchev–Trinajstić information content (AvgIpc) is 2.51. The Hall–Kier alpha value is -2.05. The van der Waals surface area contributed by atoms with Crippen LogP contribution in [0, 0.1) is 0 Å². The van der Waals surface area contributed by atoms with Crippen LogP contribution in [-0.4, -0.2) is 19.4 Å². The summed E-state index contributed by atoms with van der Waals surface area (Å²) in [6, 6.07) is 3.52. The van der Waals surface area contributed by atoms with Gasteiger partial charge in [-0.1, -0.05) is 0 Å². The van der Waals surface area contributed by atoms with Gasteiger partial charge in [0.05, 0.1) is 0 Å². The second-order valence-electron chi connectivity index (χ2n) is 3.03. The summed E-state index contributed by atoms with van der Waals surface area (Å²) in [5.41, 5.74) is 0.333. The fraction of sp³-hybridized carbons (Fsp3) is 0.222. The number of hydrogen-bond acceptors (Lipinski definition) is 3. The Balaban J connectivity index is 2.19. The molecule has 1 aromatic rings. The summed E-state index contributed by atoms with van der Waals surface area (Å²) < 4.78 is 33.7. The molecule has 0 bridgehead atoms. The van der Waals surface area contributed by atoms with Gasteiger partial charge in [-0.05, 0) is 12.1 Å². The van der Waals surface area contributed by atoms with E-state index in [4.69, 9.17) is 0 Å². The lowest BCUT2D eigenvalue weighted by Gasteiger charge is -2.05. The SMILES string of the molecule is CNC(=O)Nc1ccc2c(c1)OC(F)(F)O2. The first-order valence-corrected chi connectivity index (χ1v) is 4.39. The number of carbonyl (C=O) groups excluding carboxylic acids is 1. The van der Waals surface area contributed by atoms with Crippen molar-refractivity contribution in [3.8, 4) is 11.5 Å². The quantitative estimate of drug-likeness (QED) is 0.772. The van der Waals surface area contributed by atoms with Crippen molar-refractivity contribution in [1.29, 1.82) is 0 Å². The van der Waals surface area contributed by atoms with Crippen LogP contribution in [0.5, 0.6) is 11.5 Å². The summed E-state index contributed by atoms with van der Waals surface area (Å²) in [6.45, 7) is 0. The minimum absolute atomic E-state index is 0.0625. The van der Waals surface area contributed by atoms with Crippen molar-refractivity contribution in [2.75, 3.05) is 12.4 Å². The Bertz CT molecular complexity index is 437. The maximum absolute atomic E-state index is 12.7. The van der Waals surface area contributed by atoms with Gasteiger partial charge in [-0.2, -0.15) is 0 Å². The predicted molar refractivity (Wildman–Crippen MR) is 50.7 cm³/mol. The van der Waals surface area contributed by atoms with Crippen LogP contribution in [0.15, 0.2) is 18.2 Å². The van der Waals surface area contributed by atoms with Crippen molar-refractivity contribution in [3.05, 3.63) is 18.2 Å². The highest BCUT2D eigenvalue weighted by atomic mass is 19.3. The molecule has 2 rings (SSSR count). The van der Waals surface area contributed by atoms with Crippen LogP contribution in [-0.2, 0) is 0 Å². The number of ether oxygens (including phenoxy) is 2. The highest BCUT2D eigenvalue weighted by Crippen LogP contribution is 2.42. The monoisotopic (exact) mass is 230 g/mol. The zero-order chi connectivity index (χ0) is 11.8. The maximum Gasteiger partial charge on any atom is 0.586 e. The number of hydrogen-bond donors (Lipinski definition) is 2. The number of amides is 2. The maximum atomic E-state index is 12.7. The normalized spacial score (nSPS) is 15.7. The molecule has 1 aromatic carbocycles. The molecule has 0 unspecified atom stereocenters. The van der Waals surface area contributed by atoms with Crippen LogP contribution < -0.4 is 20.1 Å². The number of alkyl halides is 2. The first-order valence-electron chi connectivity index (χ1n) is 4.39. The van der Waals surface area contributed by atoms with Crippen LogP contribution in [0.3, 0.4) is 0 Å². The lowest BCUT2D eigenvalue weighted by molar-refractivity contribution is -0.286. The van der Waals surface area contributed by atoms with Crippen molar-refractivity contribution >= 4 is 11.7 Å². The molecule has 2 amide bonds. The number of carbonyl (C=O) groups is 1. The van der Waals surface area contributed by atoms with Crippen molar-refractivity contribution in [2.45, 2.75) is 6.29 Å². The van der Waals surface area contributed by atoms with E-state index < -0.39 is 12.3 Å². The third-order valence-electron chi connectivity index (χ3n) is 1.89. The Morgan fingerprint density at radius 3 is 2.69 bits per heavy atom. The molecule has 1 aliphatic heterocycles. The van der Waals surface area contributed by atoms with Crippen LogP contribution >= 0.6 is 0 Å². The second kappa shape index (κ2) is 3.51. The van der Waals surface area contributed by atoms with E-state index in [9.17, 15) is 13.6 Å². The Labute approximate surface area is 89.3 Å². The molecule has 0 atom stereocenters. The van der Waals surface area contributed by atoms with E-state index in [1.165, 1.54) is 25.2 Å². The van der Waals surface area contributed by atoms with Crippen molar-refractivity contribution < 1.29 is 23.0 Å². The molecular weight excluding hydrogens is 222 g/mol. The van der Waals surface area contributed by atoms with Crippen molar-refractivity contribution in [1.82, 2.24) is 5.32 Å². The third kappa shape index (κ3) is 1.97. The molecule has 0 radical (unpaired) electrons. The zero-order valence-electron chi connectivity index (χ0n) is 8.21. The van der Waals surface area contributed by atoms with E-state index in [1.54, 1.807) is 0 Å². The summed E-state index contributed by atoms with van der Waals surface area (Å²) in [5.74, 6) is -0.175. The molecule has 1 aliphatic rings. The number of fused-ring (bicyclic) bond motifs is 1. The highest BCUT2D eigenvalue weighted by molar-refractivity contribution is 5.89. The topological polar surface area (TPSA) is 59.6 Å². The number of halogens is 2. The average molecular weight is 230 g/mol. The predicted octanol–water partition coefficient (Wildman–Crippen LogP) is 1.76. The van der Waals surface area contributed by atoms with E-state index in [0.717, 1.165) is 0 Å². The first-order chi connectivity index (χ1) is 7.50. The molecule has 5 nitrogen and oxygen atoms in total. The minimum Gasteiger partial charge on any atom is -0.395 e. The van der Waals surface area contributed by atoms with Crippen LogP contribution in [0.1, 0.15) is 0 Å². The van der Waals surface area contributed by atoms with E-state index in [-0.39, 0.29) is 11.5 Å². The minimum atomic E-state index is -3.64. The third-order valence-corrected chi connectivity index (χ3v) is 1.89. The molecule has 86 valence electrons. The van der Waals surface area contributed by atoms with Gasteiger partial charge in [-0.15, -0.1) is 8.78 Å². The van der Waals surface area contributed by atoms with E-state index >= 15 is 0 Å². The Morgan fingerprint density at radius 2 is 2.00 bits per heavy atom. The van der Waals surface area contributed by atoms with Gasteiger partial charge < -0.3 is 20.1 Å². The van der Waals surface area contributed by atoms with Crippen molar-refractivity contribution in [3.63, 3.8) is 0 Å².